The lowest BCUT2D eigenvalue weighted by Crippen LogP contribution is -2.64. The number of rotatable bonds is 8. The number of hydrogen-bond donors (Lipinski definition) is 1. The Bertz CT molecular complexity index is 233. The van der Waals surface area contributed by atoms with Crippen LogP contribution < -0.4 is 5.32 Å². The van der Waals surface area contributed by atoms with Crippen molar-refractivity contribution in [3.8, 4) is 0 Å². The van der Waals surface area contributed by atoms with E-state index < -0.39 is 5.54 Å². The Morgan fingerprint density at radius 3 is 2.59 bits per heavy atom. The van der Waals surface area contributed by atoms with Crippen molar-refractivity contribution in [1.82, 2.24) is 5.32 Å². The number of ether oxygens (including phenoxy) is 3. The first-order valence-electron chi connectivity index (χ1n) is 6.21. The second-order valence-corrected chi connectivity index (χ2v) is 4.21. The first-order chi connectivity index (χ1) is 8.18. The van der Waals surface area contributed by atoms with E-state index in [0.717, 1.165) is 0 Å². The fraction of sp³-hybridized carbons (Fsp3) is 0.917. The predicted molar refractivity (Wildman–Crippen MR) is 63.9 cm³/mol. The molecule has 17 heavy (non-hydrogen) atoms. The fourth-order valence-electron chi connectivity index (χ4n) is 2.12. The van der Waals surface area contributed by atoms with Crippen molar-refractivity contribution in [1.29, 1.82) is 0 Å². The molecule has 0 spiro atoms. The maximum Gasteiger partial charge on any atom is 0.326 e. The zero-order valence-corrected chi connectivity index (χ0v) is 11.0. The summed E-state index contributed by atoms with van der Waals surface area (Å²) >= 11 is 0. The normalized spacial score (nSPS) is 27.6. The molecule has 1 aliphatic carbocycles. The Hall–Kier alpha value is -0.650. The minimum atomic E-state index is -0.561. The number of esters is 1. The van der Waals surface area contributed by atoms with Crippen molar-refractivity contribution in [3.63, 3.8) is 0 Å². The molecule has 0 heterocycles. The van der Waals surface area contributed by atoms with Crippen molar-refractivity contribution in [2.45, 2.75) is 38.3 Å². The van der Waals surface area contributed by atoms with E-state index in [0.29, 0.717) is 39.2 Å². The lowest BCUT2D eigenvalue weighted by Gasteiger charge is -2.45. The summed E-state index contributed by atoms with van der Waals surface area (Å²) in [6.45, 7) is 6.10. The van der Waals surface area contributed by atoms with Gasteiger partial charge < -0.3 is 14.2 Å². The van der Waals surface area contributed by atoms with E-state index in [-0.39, 0.29) is 12.1 Å². The number of carbonyl (C=O) groups excluding carboxylic acids is 1. The molecule has 1 N–H and O–H groups in total. The number of carbonyl (C=O) groups is 1. The van der Waals surface area contributed by atoms with Crippen LogP contribution in [-0.2, 0) is 19.0 Å². The molecule has 0 amide bonds. The van der Waals surface area contributed by atoms with Gasteiger partial charge in [0.1, 0.15) is 5.54 Å². The van der Waals surface area contributed by atoms with Crippen LogP contribution in [0.25, 0.3) is 0 Å². The molecule has 0 radical (unpaired) electrons. The Balaban J connectivity index is 2.46. The molecule has 1 saturated carbocycles. The summed E-state index contributed by atoms with van der Waals surface area (Å²) in [5.74, 6) is -0.174. The predicted octanol–water partition coefficient (Wildman–Crippen LogP) is 0.723. The van der Waals surface area contributed by atoms with Gasteiger partial charge in [-0.25, -0.2) is 0 Å². The van der Waals surface area contributed by atoms with Gasteiger partial charge >= 0.3 is 5.97 Å². The van der Waals surface area contributed by atoms with E-state index in [1.165, 1.54) is 0 Å². The average molecular weight is 245 g/mol. The van der Waals surface area contributed by atoms with Crippen molar-refractivity contribution in [2.75, 3.05) is 33.5 Å². The third-order valence-electron chi connectivity index (χ3n) is 2.99. The zero-order valence-electron chi connectivity index (χ0n) is 11.0. The molecule has 100 valence electrons. The molecular formula is C12H23NO4. The Morgan fingerprint density at radius 2 is 2.06 bits per heavy atom. The largest absolute Gasteiger partial charge is 0.465 e. The van der Waals surface area contributed by atoms with Crippen LogP contribution in [0.3, 0.4) is 0 Å². The number of nitrogens with one attached hydrogen (secondary N) is 1. The van der Waals surface area contributed by atoms with Gasteiger partial charge in [0.05, 0.1) is 19.3 Å². The van der Waals surface area contributed by atoms with Gasteiger partial charge in [0.15, 0.2) is 0 Å². The molecule has 0 aromatic heterocycles. The molecule has 0 saturated heterocycles. The molecule has 1 aliphatic rings. The van der Waals surface area contributed by atoms with E-state index in [2.05, 4.69) is 5.32 Å². The highest BCUT2D eigenvalue weighted by Gasteiger charge is 2.51. The summed E-state index contributed by atoms with van der Waals surface area (Å²) in [4.78, 5) is 11.9. The van der Waals surface area contributed by atoms with Crippen LogP contribution in [0.1, 0.15) is 26.7 Å². The molecule has 1 fully saturated rings. The van der Waals surface area contributed by atoms with Gasteiger partial charge in [0.2, 0.25) is 0 Å². The van der Waals surface area contributed by atoms with Crippen molar-refractivity contribution < 1.29 is 19.0 Å². The Kier molecular flexibility index (Phi) is 5.88. The van der Waals surface area contributed by atoms with E-state index in [4.69, 9.17) is 14.2 Å². The molecule has 1 rings (SSSR count). The quantitative estimate of drug-likeness (QED) is 0.504. The fourth-order valence-corrected chi connectivity index (χ4v) is 2.12. The molecule has 0 aromatic carbocycles. The summed E-state index contributed by atoms with van der Waals surface area (Å²) < 4.78 is 15.6. The molecule has 5 heteroatoms. The number of methoxy groups -OCH3 is 1. The minimum Gasteiger partial charge on any atom is -0.465 e. The van der Waals surface area contributed by atoms with E-state index >= 15 is 0 Å². The topological polar surface area (TPSA) is 56.8 Å². The third-order valence-corrected chi connectivity index (χ3v) is 2.99. The molecule has 0 aromatic rings. The maximum atomic E-state index is 11.9. The van der Waals surface area contributed by atoms with Gasteiger partial charge in [-0.05, 0) is 13.8 Å². The highest BCUT2D eigenvalue weighted by molar-refractivity contribution is 5.82. The number of hydrogen-bond acceptors (Lipinski definition) is 5. The Morgan fingerprint density at radius 1 is 1.35 bits per heavy atom. The zero-order chi connectivity index (χ0) is 12.7. The summed E-state index contributed by atoms with van der Waals surface area (Å²) in [6.07, 6.45) is 1.53. The van der Waals surface area contributed by atoms with Crippen LogP contribution in [0, 0.1) is 0 Å². The molecular weight excluding hydrogens is 222 g/mol. The molecule has 0 atom stereocenters. The van der Waals surface area contributed by atoms with E-state index in [9.17, 15) is 4.79 Å². The second kappa shape index (κ2) is 6.93. The van der Waals surface area contributed by atoms with Crippen LogP contribution in [0.2, 0.25) is 0 Å². The van der Waals surface area contributed by atoms with Gasteiger partial charge in [-0.15, -0.1) is 0 Å². The van der Waals surface area contributed by atoms with E-state index in [1.807, 2.05) is 13.8 Å². The summed E-state index contributed by atoms with van der Waals surface area (Å²) in [6, 6.07) is 0. The second-order valence-electron chi connectivity index (χ2n) is 4.21. The third kappa shape index (κ3) is 3.66. The summed E-state index contributed by atoms with van der Waals surface area (Å²) in [7, 11) is 1.64. The lowest BCUT2D eigenvalue weighted by molar-refractivity contribution is -0.164. The van der Waals surface area contributed by atoms with Gasteiger partial charge in [-0.3, -0.25) is 10.1 Å². The van der Waals surface area contributed by atoms with Crippen molar-refractivity contribution in [2.24, 2.45) is 0 Å². The van der Waals surface area contributed by atoms with Gasteiger partial charge in [0.25, 0.3) is 0 Å². The SMILES string of the molecule is CCOC(=O)C1(NCCOC)CC(OCC)C1. The van der Waals surface area contributed by atoms with Gasteiger partial charge in [-0.2, -0.15) is 0 Å². The monoisotopic (exact) mass is 245 g/mol. The molecule has 0 bridgehead atoms. The van der Waals surface area contributed by atoms with Crippen LogP contribution in [0.15, 0.2) is 0 Å². The van der Waals surface area contributed by atoms with Crippen molar-refractivity contribution in [3.05, 3.63) is 0 Å². The molecule has 0 aliphatic heterocycles. The minimum absolute atomic E-state index is 0.166. The lowest BCUT2D eigenvalue weighted by atomic mass is 9.74. The van der Waals surface area contributed by atoms with Crippen molar-refractivity contribution >= 4 is 5.97 Å². The maximum absolute atomic E-state index is 11.9. The molecule has 5 nitrogen and oxygen atoms in total. The first kappa shape index (κ1) is 14.4. The summed E-state index contributed by atoms with van der Waals surface area (Å²) in [5.41, 5.74) is -0.561. The Labute approximate surface area is 103 Å². The summed E-state index contributed by atoms with van der Waals surface area (Å²) in [5, 5.41) is 3.23. The standard InChI is InChI=1S/C12H23NO4/c1-4-16-10-8-12(9-10,11(14)17-5-2)13-6-7-15-3/h10,13H,4-9H2,1-3H3. The van der Waals surface area contributed by atoms with Crippen LogP contribution in [-0.4, -0.2) is 51.1 Å². The highest BCUT2D eigenvalue weighted by atomic mass is 16.5. The van der Waals surface area contributed by atoms with Gasteiger partial charge in [0, 0.05) is 33.1 Å². The van der Waals surface area contributed by atoms with Crippen LogP contribution in [0.4, 0.5) is 0 Å². The van der Waals surface area contributed by atoms with Gasteiger partial charge in [-0.1, -0.05) is 0 Å². The van der Waals surface area contributed by atoms with Crippen LogP contribution in [0.5, 0.6) is 0 Å². The van der Waals surface area contributed by atoms with Crippen LogP contribution >= 0.6 is 0 Å². The average Bonchev–Trinajstić information content (AvgIpc) is 2.26. The molecule has 0 unspecified atom stereocenters. The highest BCUT2D eigenvalue weighted by Crippen LogP contribution is 2.35. The first-order valence-corrected chi connectivity index (χ1v) is 6.21. The smallest absolute Gasteiger partial charge is 0.326 e. The van der Waals surface area contributed by atoms with E-state index in [1.54, 1.807) is 7.11 Å².